The maximum absolute atomic E-state index is 11.7. The third-order valence-electron chi connectivity index (χ3n) is 3.19. The summed E-state index contributed by atoms with van der Waals surface area (Å²) in [4.78, 5) is 32.2. The first-order valence-electron chi connectivity index (χ1n) is 6.44. The SMILES string of the molecule is CC(=N)C(=O)c1ccc(-c2ccc([N+](=O)[O-])cc2[N+](=O)[O-])cc1. The first-order valence-corrected chi connectivity index (χ1v) is 6.44. The molecule has 2 aromatic carbocycles. The van der Waals surface area contributed by atoms with Gasteiger partial charge in [-0.05, 0) is 18.6 Å². The van der Waals surface area contributed by atoms with Gasteiger partial charge in [0.15, 0.2) is 0 Å². The lowest BCUT2D eigenvalue weighted by Crippen LogP contribution is -2.08. The summed E-state index contributed by atoms with van der Waals surface area (Å²) in [6.07, 6.45) is 0. The number of carbonyl (C=O) groups is 1. The second kappa shape index (κ2) is 6.14. The van der Waals surface area contributed by atoms with Gasteiger partial charge >= 0.3 is 0 Å². The van der Waals surface area contributed by atoms with E-state index in [1.807, 2.05) is 0 Å². The highest BCUT2D eigenvalue weighted by Crippen LogP contribution is 2.33. The average molecular weight is 313 g/mol. The molecule has 0 saturated carbocycles. The van der Waals surface area contributed by atoms with Crippen molar-refractivity contribution in [2.24, 2.45) is 0 Å². The summed E-state index contributed by atoms with van der Waals surface area (Å²) < 4.78 is 0. The number of rotatable bonds is 5. The van der Waals surface area contributed by atoms with Crippen molar-refractivity contribution in [2.45, 2.75) is 6.92 Å². The minimum absolute atomic E-state index is 0.112. The minimum atomic E-state index is -0.703. The molecule has 116 valence electrons. The van der Waals surface area contributed by atoms with Crippen LogP contribution in [0, 0.1) is 25.6 Å². The van der Waals surface area contributed by atoms with Crippen LogP contribution in [0.4, 0.5) is 11.4 Å². The van der Waals surface area contributed by atoms with E-state index in [9.17, 15) is 25.0 Å². The van der Waals surface area contributed by atoms with E-state index < -0.39 is 15.6 Å². The van der Waals surface area contributed by atoms with Crippen LogP contribution >= 0.6 is 0 Å². The normalized spacial score (nSPS) is 10.1. The molecule has 8 nitrogen and oxygen atoms in total. The molecule has 0 amide bonds. The predicted molar refractivity (Wildman–Crippen MR) is 82.9 cm³/mol. The topological polar surface area (TPSA) is 127 Å². The van der Waals surface area contributed by atoms with E-state index in [1.165, 1.54) is 43.3 Å². The van der Waals surface area contributed by atoms with Crippen LogP contribution in [0.5, 0.6) is 0 Å². The number of hydrogen-bond donors (Lipinski definition) is 1. The van der Waals surface area contributed by atoms with Crippen molar-refractivity contribution in [3.63, 3.8) is 0 Å². The monoisotopic (exact) mass is 313 g/mol. The molecule has 8 heteroatoms. The Morgan fingerprint density at radius 3 is 2.09 bits per heavy atom. The lowest BCUT2D eigenvalue weighted by Gasteiger charge is -2.05. The van der Waals surface area contributed by atoms with Crippen molar-refractivity contribution in [2.75, 3.05) is 0 Å². The Labute approximate surface area is 130 Å². The molecule has 0 heterocycles. The molecule has 0 bridgehead atoms. The van der Waals surface area contributed by atoms with Crippen LogP contribution in [0.3, 0.4) is 0 Å². The minimum Gasteiger partial charge on any atom is -0.302 e. The zero-order valence-corrected chi connectivity index (χ0v) is 12.0. The van der Waals surface area contributed by atoms with E-state index in [2.05, 4.69) is 0 Å². The summed E-state index contributed by atoms with van der Waals surface area (Å²) in [6, 6.07) is 9.31. The summed E-state index contributed by atoms with van der Waals surface area (Å²) in [5.74, 6) is -0.435. The van der Waals surface area contributed by atoms with Gasteiger partial charge in [-0.25, -0.2) is 0 Å². The number of Topliss-reactive ketones (excluding diaryl/α,β-unsaturated/α-hetero) is 1. The first kappa shape index (κ1) is 16.0. The van der Waals surface area contributed by atoms with Crippen molar-refractivity contribution >= 4 is 22.9 Å². The maximum atomic E-state index is 11.7. The van der Waals surface area contributed by atoms with Crippen molar-refractivity contribution in [3.8, 4) is 11.1 Å². The van der Waals surface area contributed by atoms with Crippen molar-refractivity contribution in [3.05, 3.63) is 68.3 Å². The first-order chi connectivity index (χ1) is 10.8. The molecule has 2 rings (SSSR count). The fourth-order valence-corrected chi connectivity index (χ4v) is 2.05. The maximum Gasteiger partial charge on any atom is 0.284 e. The Hall–Kier alpha value is -3.42. The van der Waals surface area contributed by atoms with E-state index in [0.717, 1.165) is 6.07 Å². The number of ketones is 1. The highest BCUT2D eigenvalue weighted by molar-refractivity contribution is 6.44. The van der Waals surface area contributed by atoms with Crippen molar-refractivity contribution in [1.82, 2.24) is 0 Å². The molecule has 0 atom stereocenters. The molecule has 1 N–H and O–H groups in total. The molecule has 0 spiro atoms. The van der Waals surface area contributed by atoms with Gasteiger partial charge in [-0.15, -0.1) is 0 Å². The Balaban J connectivity index is 2.49. The summed E-state index contributed by atoms with van der Waals surface area (Å²) >= 11 is 0. The van der Waals surface area contributed by atoms with Crippen LogP contribution < -0.4 is 0 Å². The number of carbonyl (C=O) groups excluding carboxylic acids is 1. The zero-order chi connectivity index (χ0) is 17.1. The molecular weight excluding hydrogens is 302 g/mol. The van der Waals surface area contributed by atoms with Gasteiger partial charge in [0.25, 0.3) is 11.4 Å². The Bertz CT molecular complexity index is 828. The van der Waals surface area contributed by atoms with E-state index >= 15 is 0 Å². The molecule has 0 radical (unpaired) electrons. The number of nitrogens with zero attached hydrogens (tertiary/aromatic N) is 2. The van der Waals surface area contributed by atoms with Crippen LogP contribution in [0.25, 0.3) is 11.1 Å². The zero-order valence-electron chi connectivity index (χ0n) is 12.0. The van der Waals surface area contributed by atoms with Crippen LogP contribution in [0.1, 0.15) is 17.3 Å². The lowest BCUT2D eigenvalue weighted by molar-refractivity contribution is -0.393. The van der Waals surface area contributed by atoms with Gasteiger partial charge in [-0.1, -0.05) is 24.3 Å². The van der Waals surface area contributed by atoms with E-state index in [4.69, 9.17) is 5.41 Å². The number of hydrogen-bond acceptors (Lipinski definition) is 6. The third-order valence-corrected chi connectivity index (χ3v) is 3.19. The molecule has 0 aromatic heterocycles. The highest BCUT2D eigenvalue weighted by atomic mass is 16.6. The molecule has 0 aliphatic heterocycles. The molecule has 0 fully saturated rings. The number of non-ortho nitro benzene ring substituents is 1. The van der Waals surface area contributed by atoms with Gasteiger partial charge < -0.3 is 5.41 Å². The third kappa shape index (κ3) is 3.26. The Morgan fingerprint density at radius 2 is 1.61 bits per heavy atom. The molecule has 23 heavy (non-hydrogen) atoms. The van der Waals surface area contributed by atoms with Gasteiger partial charge in [-0.3, -0.25) is 25.0 Å². The number of nitro groups is 2. The second-order valence-corrected chi connectivity index (χ2v) is 4.75. The van der Waals surface area contributed by atoms with E-state index in [1.54, 1.807) is 0 Å². The summed E-state index contributed by atoms with van der Waals surface area (Å²) in [6.45, 7) is 1.37. The number of benzene rings is 2. The lowest BCUT2D eigenvalue weighted by atomic mass is 9.99. The van der Waals surface area contributed by atoms with Crippen molar-refractivity contribution < 1.29 is 14.6 Å². The van der Waals surface area contributed by atoms with Gasteiger partial charge in [0.05, 0.1) is 27.2 Å². The number of nitrogens with one attached hydrogen (secondary N) is 1. The number of nitro benzene ring substituents is 2. The molecule has 0 aliphatic carbocycles. The smallest absolute Gasteiger partial charge is 0.284 e. The molecule has 0 aliphatic rings. The molecular formula is C15H11N3O5. The van der Waals surface area contributed by atoms with Crippen LogP contribution in [0.15, 0.2) is 42.5 Å². The molecule has 0 unspecified atom stereocenters. The highest BCUT2D eigenvalue weighted by Gasteiger charge is 2.20. The van der Waals surface area contributed by atoms with Gasteiger partial charge in [-0.2, -0.15) is 0 Å². The second-order valence-electron chi connectivity index (χ2n) is 4.75. The average Bonchev–Trinajstić information content (AvgIpc) is 2.53. The van der Waals surface area contributed by atoms with Crippen molar-refractivity contribution in [1.29, 1.82) is 5.41 Å². The summed E-state index contributed by atoms with van der Waals surface area (Å²) in [5, 5.41) is 29.2. The molecule has 0 saturated heterocycles. The fraction of sp³-hybridized carbons (Fsp3) is 0.0667. The predicted octanol–water partition coefficient (Wildman–Crippen LogP) is 3.39. The standard InChI is InChI=1S/C15H11N3O5/c1-9(16)15(19)11-4-2-10(3-5-11)13-7-6-12(17(20)21)8-14(13)18(22)23/h2-8,16H,1H3. The fourth-order valence-electron chi connectivity index (χ4n) is 2.05. The van der Waals surface area contributed by atoms with Gasteiger partial charge in [0, 0.05) is 11.6 Å². The molecule has 2 aromatic rings. The van der Waals surface area contributed by atoms with Gasteiger partial charge in [0.1, 0.15) is 0 Å². The van der Waals surface area contributed by atoms with Crippen LogP contribution in [-0.4, -0.2) is 21.3 Å². The van der Waals surface area contributed by atoms with E-state index in [-0.39, 0.29) is 22.6 Å². The van der Waals surface area contributed by atoms with Crippen LogP contribution in [0.2, 0.25) is 0 Å². The van der Waals surface area contributed by atoms with E-state index in [0.29, 0.717) is 11.1 Å². The Kier molecular flexibility index (Phi) is 4.26. The largest absolute Gasteiger partial charge is 0.302 e. The Morgan fingerprint density at radius 1 is 1.00 bits per heavy atom. The summed E-state index contributed by atoms with van der Waals surface area (Å²) in [5.41, 5.74) is 0.0926. The van der Waals surface area contributed by atoms with Gasteiger partial charge in [0.2, 0.25) is 5.78 Å². The summed E-state index contributed by atoms with van der Waals surface area (Å²) in [7, 11) is 0. The van der Waals surface area contributed by atoms with Crippen LogP contribution in [-0.2, 0) is 0 Å². The quantitative estimate of drug-likeness (QED) is 0.391.